The van der Waals surface area contributed by atoms with Crippen molar-refractivity contribution in [2.45, 2.75) is 38.6 Å². The number of piperidine rings is 1. The zero-order valence-electron chi connectivity index (χ0n) is 15.8. The molecule has 0 spiro atoms. The molecule has 27 heavy (non-hydrogen) atoms. The molecule has 1 aromatic carbocycles. The van der Waals surface area contributed by atoms with E-state index in [1.165, 1.54) is 11.1 Å². The SMILES string of the molecule is O=C(CN1CCc2cc(Cl)ccc2C1)N1CCC(C(=O)N2CCCC2)CC1. The lowest BCUT2D eigenvalue weighted by atomic mass is 9.95. The van der Waals surface area contributed by atoms with Crippen LogP contribution in [0.25, 0.3) is 0 Å². The Labute approximate surface area is 166 Å². The van der Waals surface area contributed by atoms with E-state index in [4.69, 9.17) is 11.6 Å². The normalized spacial score (nSPS) is 21.4. The topological polar surface area (TPSA) is 43.9 Å². The van der Waals surface area contributed by atoms with Crippen molar-refractivity contribution < 1.29 is 9.59 Å². The Kier molecular flexibility index (Phi) is 5.69. The first kappa shape index (κ1) is 18.8. The average molecular weight is 390 g/mol. The van der Waals surface area contributed by atoms with Crippen LogP contribution in [0.15, 0.2) is 18.2 Å². The monoisotopic (exact) mass is 389 g/mol. The summed E-state index contributed by atoms with van der Waals surface area (Å²) in [5.41, 5.74) is 2.57. The molecule has 1 aromatic rings. The van der Waals surface area contributed by atoms with Gasteiger partial charge in [0.15, 0.2) is 0 Å². The lowest BCUT2D eigenvalue weighted by molar-refractivity contribution is -0.140. The summed E-state index contributed by atoms with van der Waals surface area (Å²) in [5.74, 6) is 0.615. The minimum atomic E-state index is 0.110. The van der Waals surface area contributed by atoms with Crippen LogP contribution in [-0.4, -0.2) is 65.8 Å². The fourth-order valence-electron chi connectivity index (χ4n) is 4.58. The Bertz CT molecular complexity index is 709. The van der Waals surface area contributed by atoms with Crippen LogP contribution >= 0.6 is 11.6 Å². The predicted molar refractivity (Wildman–Crippen MR) is 106 cm³/mol. The Hall–Kier alpha value is -1.59. The smallest absolute Gasteiger partial charge is 0.236 e. The molecular weight excluding hydrogens is 362 g/mol. The molecule has 0 bridgehead atoms. The number of carbonyl (C=O) groups excluding carboxylic acids is 2. The van der Waals surface area contributed by atoms with Crippen molar-refractivity contribution in [2.24, 2.45) is 5.92 Å². The third kappa shape index (κ3) is 4.30. The summed E-state index contributed by atoms with van der Waals surface area (Å²) in [6, 6.07) is 6.04. The number of likely N-dealkylation sites (tertiary alicyclic amines) is 2. The fourth-order valence-corrected chi connectivity index (χ4v) is 4.77. The first-order valence-corrected chi connectivity index (χ1v) is 10.5. The van der Waals surface area contributed by atoms with Crippen molar-refractivity contribution in [3.63, 3.8) is 0 Å². The molecule has 0 unspecified atom stereocenters. The van der Waals surface area contributed by atoms with Crippen molar-refractivity contribution >= 4 is 23.4 Å². The van der Waals surface area contributed by atoms with Crippen molar-refractivity contribution in [3.8, 4) is 0 Å². The van der Waals surface area contributed by atoms with Gasteiger partial charge in [0.25, 0.3) is 0 Å². The molecule has 2 saturated heterocycles. The van der Waals surface area contributed by atoms with E-state index in [9.17, 15) is 9.59 Å². The minimum Gasteiger partial charge on any atom is -0.342 e. The summed E-state index contributed by atoms with van der Waals surface area (Å²) < 4.78 is 0. The molecule has 0 N–H and O–H groups in total. The van der Waals surface area contributed by atoms with Crippen LogP contribution in [0.5, 0.6) is 0 Å². The van der Waals surface area contributed by atoms with Crippen LogP contribution < -0.4 is 0 Å². The highest BCUT2D eigenvalue weighted by atomic mass is 35.5. The standard InChI is InChI=1S/C21H28ClN3O2/c22-19-4-3-18-14-23(10-5-17(18)13-19)15-20(26)24-11-6-16(7-12-24)21(27)25-8-1-2-9-25/h3-4,13,16H,1-2,5-12,14-15H2. The van der Waals surface area contributed by atoms with Crippen molar-refractivity contribution in [3.05, 3.63) is 34.3 Å². The van der Waals surface area contributed by atoms with Gasteiger partial charge >= 0.3 is 0 Å². The lowest BCUT2D eigenvalue weighted by Crippen LogP contribution is -2.47. The van der Waals surface area contributed by atoms with Crippen molar-refractivity contribution in [1.82, 2.24) is 14.7 Å². The summed E-state index contributed by atoms with van der Waals surface area (Å²) in [5, 5.41) is 0.782. The van der Waals surface area contributed by atoms with Crippen LogP contribution in [0, 0.1) is 5.92 Å². The second-order valence-electron chi connectivity index (χ2n) is 8.06. The number of nitrogens with zero attached hydrogens (tertiary/aromatic N) is 3. The molecule has 0 aromatic heterocycles. The van der Waals surface area contributed by atoms with Crippen LogP contribution in [0.2, 0.25) is 5.02 Å². The van der Waals surface area contributed by atoms with E-state index in [1.54, 1.807) is 0 Å². The molecule has 3 heterocycles. The fraction of sp³-hybridized carbons (Fsp3) is 0.619. The number of rotatable bonds is 3. The minimum absolute atomic E-state index is 0.110. The molecule has 0 radical (unpaired) electrons. The number of halogens is 1. The molecule has 5 nitrogen and oxygen atoms in total. The van der Waals surface area contributed by atoms with Crippen LogP contribution in [0.4, 0.5) is 0 Å². The third-order valence-electron chi connectivity index (χ3n) is 6.23. The van der Waals surface area contributed by atoms with Gasteiger partial charge in [-0.1, -0.05) is 17.7 Å². The Morgan fingerprint density at radius 1 is 0.963 bits per heavy atom. The summed E-state index contributed by atoms with van der Waals surface area (Å²) >= 11 is 6.07. The summed E-state index contributed by atoms with van der Waals surface area (Å²) in [6.07, 6.45) is 4.82. The number of fused-ring (bicyclic) bond motifs is 1. The van der Waals surface area contributed by atoms with Gasteiger partial charge in [-0.3, -0.25) is 14.5 Å². The molecule has 2 fully saturated rings. The highest BCUT2D eigenvalue weighted by molar-refractivity contribution is 6.30. The van der Waals surface area contributed by atoms with Crippen LogP contribution in [0.1, 0.15) is 36.8 Å². The number of hydrogen-bond acceptors (Lipinski definition) is 3. The van der Waals surface area contributed by atoms with Crippen molar-refractivity contribution in [2.75, 3.05) is 39.3 Å². The maximum Gasteiger partial charge on any atom is 0.236 e. The largest absolute Gasteiger partial charge is 0.342 e. The molecule has 6 heteroatoms. The van der Waals surface area contributed by atoms with E-state index in [0.717, 1.165) is 63.3 Å². The molecular formula is C21H28ClN3O2. The van der Waals surface area contributed by atoms with Gasteiger partial charge in [0.2, 0.25) is 11.8 Å². The molecule has 0 saturated carbocycles. The van der Waals surface area contributed by atoms with Gasteiger partial charge in [-0.05, 0) is 55.4 Å². The van der Waals surface area contributed by atoms with Gasteiger partial charge in [-0.2, -0.15) is 0 Å². The second kappa shape index (κ2) is 8.19. The quantitative estimate of drug-likeness (QED) is 0.798. The Morgan fingerprint density at radius 2 is 1.70 bits per heavy atom. The predicted octanol–water partition coefficient (Wildman–Crippen LogP) is 2.56. The Balaban J connectivity index is 1.26. The first-order valence-electron chi connectivity index (χ1n) is 10.2. The van der Waals surface area contributed by atoms with Gasteiger partial charge in [0, 0.05) is 50.2 Å². The molecule has 2 amide bonds. The summed E-state index contributed by atoms with van der Waals surface area (Å²) in [4.78, 5) is 31.5. The highest BCUT2D eigenvalue weighted by Crippen LogP contribution is 2.24. The molecule has 3 aliphatic rings. The molecule has 4 rings (SSSR count). The lowest BCUT2D eigenvalue weighted by Gasteiger charge is -2.35. The third-order valence-corrected chi connectivity index (χ3v) is 6.47. The average Bonchev–Trinajstić information content (AvgIpc) is 3.22. The van der Waals surface area contributed by atoms with Crippen LogP contribution in [0.3, 0.4) is 0 Å². The number of carbonyl (C=O) groups is 2. The van der Waals surface area contributed by atoms with Crippen LogP contribution in [-0.2, 0) is 22.6 Å². The maximum atomic E-state index is 12.7. The molecule has 3 aliphatic heterocycles. The van der Waals surface area contributed by atoms with Crippen molar-refractivity contribution in [1.29, 1.82) is 0 Å². The van der Waals surface area contributed by atoms with E-state index in [1.807, 2.05) is 21.9 Å². The summed E-state index contributed by atoms with van der Waals surface area (Å²) in [7, 11) is 0. The van der Waals surface area contributed by atoms with E-state index in [2.05, 4.69) is 11.0 Å². The van der Waals surface area contributed by atoms with Gasteiger partial charge in [0.1, 0.15) is 0 Å². The Morgan fingerprint density at radius 3 is 2.44 bits per heavy atom. The number of benzene rings is 1. The highest BCUT2D eigenvalue weighted by Gasteiger charge is 2.31. The summed E-state index contributed by atoms with van der Waals surface area (Å²) in [6.45, 7) is 5.42. The molecule has 0 aliphatic carbocycles. The molecule has 0 atom stereocenters. The van der Waals surface area contributed by atoms with Gasteiger partial charge in [-0.15, -0.1) is 0 Å². The maximum absolute atomic E-state index is 12.7. The van der Waals surface area contributed by atoms with E-state index in [0.29, 0.717) is 25.5 Å². The van der Waals surface area contributed by atoms with Gasteiger partial charge in [-0.25, -0.2) is 0 Å². The molecule has 146 valence electrons. The number of amides is 2. The van der Waals surface area contributed by atoms with E-state index >= 15 is 0 Å². The zero-order valence-corrected chi connectivity index (χ0v) is 16.6. The zero-order chi connectivity index (χ0) is 18.8. The van der Waals surface area contributed by atoms with Gasteiger partial charge < -0.3 is 9.80 Å². The first-order chi connectivity index (χ1) is 13.1. The van der Waals surface area contributed by atoms with Gasteiger partial charge in [0.05, 0.1) is 6.54 Å². The van der Waals surface area contributed by atoms with E-state index < -0.39 is 0 Å². The second-order valence-corrected chi connectivity index (χ2v) is 8.50. The number of hydrogen-bond donors (Lipinski definition) is 0. The van der Waals surface area contributed by atoms with E-state index in [-0.39, 0.29) is 11.8 Å².